The lowest BCUT2D eigenvalue weighted by molar-refractivity contribution is 0.656. The molecule has 56 heavy (non-hydrogen) atoms. The second-order valence-electron chi connectivity index (χ2n) is 14.8. The van der Waals surface area contributed by atoms with Gasteiger partial charge in [0.15, 0.2) is 0 Å². The van der Waals surface area contributed by atoms with Crippen LogP contribution in [0.15, 0.2) is 203 Å². The van der Waals surface area contributed by atoms with Gasteiger partial charge in [0.1, 0.15) is 22.3 Å². The lowest BCUT2D eigenvalue weighted by atomic mass is 9.85. The molecule has 0 N–H and O–H groups in total. The molecule has 0 aliphatic carbocycles. The topological polar surface area (TPSA) is 26.3 Å². The summed E-state index contributed by atoms with van der Waals surface area (Å²) in [6.45, 7) is 0. The maximum atomic E-state index is 6.64. The van der Waals surface area contributed by atoms with Gasteiger partial charge in [0.05, 0.1) is 0 Å². The van der Waals surface area contributed by atoms with Gasteiger partial charge in [-0.05, 0) is 101 Å². The highest BCUT2D eigenvalue weighted by atomic mass is 16.3. The number of rotatable bonds is 4. The Kier molecular flexibility index (Phi) is 6.66. The number of furan rings is 2. The zero-order chi connectivity index (χ0) is 36.7. The minimum absolute atomic E-state index is 0.832. The second-order valence-corrected chi connectivity index (χ2v) is 14.8. The van der Waals surface area contributed by atoms with Crippen molar-refractivity contribution in [3.05, 3.63) is 194 Å². The Morgan fingerprint density at radius 2 is 0.750 bits per heavy atom. The van der Waals surface area contributed by atoms with E-state index in [4.69, 9.17) is 8.83 Å². The van der Waals surface area contributed by atoms with E-state index in [0.717, 1.165) is 55.0 Å². The van der Waals surface area contributed by atoms with Crippen molar-refractivity contribution in [3.8, 4) is 44.5 Å². The van der Waals surface area contributed by atoms with Gasteiger partial charge >= 0.3 is 0 Å². The Hall–Kier alpha value is -7.42. The first-order valence-corrected chi connectivity index (χ1v) is 19.2. The van der Waals surface area contributed by atoms with Crippen LogP contribution in [0, 0.1) is 0 Å². The number of fused-ring (bicyclic) bond motifs is 10. The third kappa shape index (κ3) is 4.63. The zero-order valence-corrected chi connectivity index (χ0v) is 30.3. The van der Waals surface area contributed by atoms with E-state index < -0.39 is 0 Å². The summed E-state index contributed by atoms with van der Waals surface area (Å²) in [6.07, 6.45) is 0. The fourth-order valence-electron chi connectivity index (χ4n) is 9.15. The van der Waals surface area contributed by atoms with E-state index in [1.54, 1.807) is 0 Å². The normalized spacial score (nSPS) is 11.9. The van der Waals surface area contributed by atoms with Crippen molar-refractivity contribution in [2.24, 2.45) is 0 Å². The van der Waals surface area contributed by atoms with Crippen molar-refractivity contribution >= 4 is 76.2 Å². The van der Waals surface area contributed by atoms with Gasteiger partial charge in [-0.3, -0.25) is 0 Å². The van der Waals surface area contributed by atoms with Crippen LogP contribution in [0.5, 0.6) is 0 Å². The molecular weight excluding hydrogens is 681 g/mol. The van der Waals surface area contributed by atoms with Crippen LogP contribution in [0.4, 0.5) is 0 Å². The summed E-state index contributed by atoms with van der Waals surface area (Å²) in [7, 11) is 0. The maximum Gasteiger partial charge on any atom is 0.139 e. The summed E-state index contributed by atoms with van der Waals surface area (Å²) in [4.78, 5) is 0. The number of benzene rings is 10. The summed E-state index contributed by atoms with van der Waals surface area (Å²) in [5.74, 6) is 0. The quantitative estimate of drug-likeness (QED) is 0.170. The molecule has 0 amide bonds. The summed E-state index contributed by atoms with van der Waals surface area (Å²) < 4.78 is 12.9. The highest BCUT2D eigenvalue weighted by Crippen LogP contribution is 2.46. The Morgan fingerprint density at radius 3 is 1.46 bits per heavy atom. The highest BCUT2D eigenvalue weighted by molar-refractivity contribution is 6.25. The van der Waals surface area contributed by atoms with E-state index in [1.165, 1.54) is 65.7 Å². The molecule has 0 aliphatic heterocycles. The first kappa shape index (κ1) is 31.0. The van der Waals surface area contributed by atoms with Gasteiger partial charge in [0, 0.05) is 27.6 Å². The molecule has 0 atom stereocenters. The third-order valence-electron chi connectivity index (χ3n) is 11.7. The Balaban J connectivity index is 1.02. The van der Waals surface area contributed by atoms with Crippen molar-refractivity contribution < 1.29 is 8.83 Å². The van der Waals surface area contributed by atoms with Crippen LogP contribution in [-0.4, -0.2) is 0 Å². The molecule has 0 bridgehead atoms. The van der Waals surface area contributed by atoms with E-state index in [-0.39, 0.29) is 0 Å². The summed E-state index contributed by atoms with van der Waals surface area (Å²) in [5.41, 5.74) is 13.1. The first-order valence-electron chi connectivity index (χ1n) is 19.2. The van der Waals surface area contributed by atoms with Crippen LogP contribution in [0.2, 0.25) is 0 Å². The SMILES string of the molecule is c1ccc(-c2cccc(-c3c4ccccc4c(-c4ccc(-c5cc6oc7cc8oc9ccccc9c8cc7c6c6ccccc56)cc4)c4ccccc34)c2)cc1. The summed E-state index contributed by atoms with van der Waals surface area (Å²) in [5, 5.41) is 11.8. The van der Waals surface area contributed by atoms with E-state index in [2.05, 4.69) is 176 Å². The molecule has 2 heterocycles. The summed E-state index contributed by atoms with van der Waals surface area (Å²) in [6, 6.07) is 69.9. The molecule has 0 saturated heterocycles. The molecule has 0 saturated carbocycles. The molecule has 0 unspecified atom stereocenters. The average molecular weight is 713 g/mol. The van der Waals surface area contributed by atoms with Crippen molar-refractivity contribution in [3.63, 3.8) is 0 Å². The summed E-state index contributed by atoms with van der Waals surface area (Å²) >= 11 is 0. The average Bonchev–Trinajstić information content (AvgIpc) is 3.82. The Labute approximate surface area is 322 Å². The molecule has 2 nitrogen and oxygen atoms in total. The van der Waals surface area contributed by atoms with Gasteiger partial charge in [0.25, 0.3) is 0 Å². The fraction of sp³-hybridized carbons (Fsp3) is 0. The van der Waals surface area contributed by atoms with E-state index in [9.17, 15) is 0 Å². The van der Waals surface area contributed by atoms with Crippen LogP contribution in [-0.2, 0) is 0 Å². The predicted octanol–water partition coefficient (Wildman–Crippen LogP) is 15.6. The van der Waals surface area contributed by atoms with Crippen LogP contribution in [0.1, 0.15) is 0 Å². The standard InChI is InChI=1S/C54H32O2/c1-2-13-33(14-3-1)36-15-12-16-37(29-36)53-43-22-8-6-20-41(43)52(42-21-7-9-23-44(42)53)35-27-25-34(26-28-35)45-31-51-54(40-19-5-4-17-38(40)45)47-30-46-39-18-10-11-24-48(39)55-49(46)32-50(47)56-51/h1-32H. The van der Waals surface area contributed by atoms with E-state index in [0.29, 0.717) is 0 Å². The van der Waals surface area contributed by atoms with Gasteiger partial charge in [-0.2, -0.15) is 0 Å². The molecule has 0 spiro atoms. The molecule has 0 radical (unpaired) electrons. The predicted molar refractivity (Wildman–Crippen MR) is 235 cm³/mol. The smallest absolute Gasteiger partial charge is 0.139 e. The second kappa shape index (κ2) is 12.0. The molecule has 2 aromatic heterocycles. The van der Waals surface area contributed by atoms with Crippen molar-refractivity contribution in [1.29, 1.82) is 0 Å². The van der Waals surface area contributed by atoms with Gasteiger partial charge in [0.2, 0.25) is 0 Å². The van der Waals surface area contributed by atoms with Crippen LogP contribution < -0.4 is 0 Å². The van der Waals surface area contributed by atoms with Crippen molar-refractivity contribution in [1.82, 2.24) is 0 Å². The van der Waals surface area contributed by atoms with E-state index in [1.807, 2.05) is 18.2 Å². The molecular formula is C54H32O2. The first-order chi connectivity index (χ1) is 27.8. The zero-order valence-electron chi connectivity index (χ0n) is 30.3. The molecule has 12 rings (SSSR count). The van der Waals surface area contributed by atoms with Crippen LogP contribution in [0.3, 0.4) is 0 Å². The molecule has 260 valence electrons. The molecule has 0 fully saturated rings. The maximum absolute atomic E-state index is 6.64. The van der Waals surface area contributed by atoms with Gasteiger partial charge in [-0.15, -0.1) is 0 Å². The molecule has 10 aromatic carbocycles. The van der Waals surface area contributed by atoms with Crippen LogP contribution >= 0.6 is 0 Å². The highest BCUT2D eigenvalue weighted by Gasteiger charge is 2.20. The Bertz CT molecular complexity index is 3450. The minimum Gasteiger partial charge on any atom is -0.456 e. The number of hydrogen-bond acceptors (Lipinski definition) is 2. The number of para-hydroxylation sites is 1. The van der Waals surface area contributed by atoms with Crippen LogP contribution in [0.25, 0.3) is 121 Å². The molecule has 12 aromatic rings. The van der Waals surface area contributed by atoms with Crippen molar-refractivity contribution in [2.45, 2.75) is 0 Å². The molecule has 0 aliphatic rings. The fourth-order valence-corrected chi connectivity index (χ4v) is 9.15. The molecule has 2 heteroatoms. The third-order valence-corrected chi connectivity index (χ3v) is 11.7. The van der Waals surface area contributed by atoms with Crippen molar-refractivity contribution in [2.75, 3.05) is 0 Å². The largest absolute Gasteiger partial charge is 0.456 e. The van der Waals surface area contributed by atoms with Gasteiger partial charge < -0.3 is 8.83 Å². The lowest BCUT2D eigenvalue weighted by Crippen LogP contribution is -1.91. The van der Waals surface area contributed by atoms with Gasteiger partial charge in [-0.1, -0.05) is 164 Å². The lowest BCUT2D eigenvalue weighted by Gasteiger charge is -2.18. The number of hydrogen-bond donors (Lipinski definition) is 0. The van der Waals surface area contributed by atoms with Gasteiger partial charge in [-0.25, -0.2) is 0 Å². The monoisotopic (exact) mass is 712 g/mol. The Morgan fingerprint density at radius 1 is 0.232 bits per heavy atom. The van der Waals surface area contributed by atoms with E-state index >= 15 is 0 Å². The minimum atomic E-state index is 0.832.